The van der Waals surface area contributed by atoms with Gasteiger partial charge in [-0.05, 0) is 27.2 Å². The van der Waals surface area contributed by atoms with Crippen LogP contribution < -0.4 is 0 Å². The van der Waals surface area contributed by atoms with Gasteiger partial charge in [-0.3, -0.25) is 9.89 Å². The minimum Gasteiger partial charge on any atom is -0.369 e. The summed E-state index contributed by atoms with van der Waals surface area (Å²) in [6, 6.07) is 0. The Balaban J connectivity index is 1.86. The Morgan fingerprint density at radius 1 is 1.50 bits per heavy atom. The summed E-state index contributed by atoms with van der Waals surface area (Å²) in [4.78, 5) is 14.5. The van der Waals surface area contributed by atoms with Crippen molar-refractivity contribution < 1.29 is 9.53 Å². The van der Waals surface area contributed by atoms with E-state index in [4.69, 9.17) is 4.74 Å². The number of amides is 1. The number of fused-ring (bicyclic) bond motifs is 1. The zero-order chi connectivity index (χ0) is 14.3. The summed E-state index contributed by atoms with van der Waals surface area (Å²) in [5, 5.41) is 7.25. The molecule has 2 atom stereocenters. The second-order valence-corrected chi connectivity index (χ2v) is 5.81. The van der Waals surface area contributed by atoms with E-state index in [0.717, 1.165) is 30.6 Å². The molecule has 0 unspecified atom stereocenters. The average molecular weight is 275 g/mol. The normalized spacial score (nSPS) is 26.1. The van der Waals surface area contributed by atoms with Crippen LogP contribution in [0.15, 0.2) is 11.6 Å². The maximum atomic E-state index is 12.6. The van der Waals surface area contributed by atoms with Crippen molar-refractivity contribution in [1.82, 2.24) is 15.1 Å². The lowest BCUT2D eigenvalue weighted by molar-refractivity contribution is -0.00701. The number of nitrogens with zero attached hydrogens (tertiary/aromatic N) is 2. The first-order valence-corrected chi connectivity index (χ1v) is 7.23. The standard InChI is InChI=1S/C15H21N3O2/c1-9-4-6-18(7-5-9)15(19)14-12-8-10(2)20-11(3)13(12)16-17-14/h4,10-11H,5-8H2,1-3H3,(H,16,17)/t10-,11+/m1/s1. The Morgan fingerprint density at radius 2 is 2.30 bits per heavy atom. The second-order valence-electron chi connectivity index (χ2n) is 5.81. The zero-order valence-electron chi connectivity index (χ0n) is 12.3. The number of rotatable bonds is 1. The number of carbonyl (C=O) groups is 1. The van der Waals surface area contributed by atoms with Gasteiger partial charge >= 0.3 is 0 Å². The number of carbonyl (C=O) groups excluding carboxylic acids is 1. The first-order valence-electron chi connectivity index (χ1n) is 7.23. The van der Waals surface area contributed by atoms with Gasteiger partial charge in [0.1, 0.15) is 0 Å². The highest BCUT2D eigenvalue weighted by atomic mass is 16.5. The van der Waals surface area contributed by atoms with Crippen LogP contribution in [-0.4, -0.2) is 40.2 Å². The summed E-state index contributed by atoms with van der Waals surface area (Å²) in [7, 11) is 0. The van der Waals surface area contributed by atoms with Gasteiger partial charge in [0.15, 0.2) is 5.69 Å². The number of ether oxygens (including phenoxy) is 1. The summed E-state index contributed by atoms with van der Waals surface area (Å²) in [5.41, 5.74) is 3.92. The second kappa shape index (κ2) is 5.05. The van der Waals surface area contributed by atoms with Gasteiger partial charge in [-0.15, -0.1) is 0 Å². The van der Waals surface area contributed by atoms with Gasteiger partial charge < -0.3 is 9.64 Å². The molecule has 1 amide bonds. The van der Waals surface area contributed by atoms with Crippen LogP contribution in [0.3, 0.4) is 0 Å². The monoisotopic (exact) mass is 275 g/mol. The van der Waals surface area contributed by atoms with Gasteiger partial charge in [-0.2, -0.15) is 5.10 Å². The summed E-state index contributed by atoms with van der Waals surface area (Å²) in [5.74, 6) is 0.0348. The van der Waals surface area contributed by atoms with Crippen molar-refractivity contribution in [1.29, 1.82) is 0 Å². The van der Waals surface area contributed by atoms with Crippen molar-refractivity contribution in [2.75, 3.05) is 13.1 Å². The summed E-state index contributed by atoms with van der Waals surface area (Å²) >= 11 is 0. The SMILES string of the molecule is CC1=CCN(C(=O)c2n[nH]c3c2C[C@@H](C)O[C@H]3C)CC1. The Labute approximate surface area is 119 Å². The third-order valence-electron chi connectivity index (χ3n) is 4.16. The fourth-order valence-electron chi connectivity index (χ4n) is 2.96. The first kappa shape index (κ1) is 13.4. The Hall–Kier alpha value is -1.62. The number of nitrogens with one attached hydrogen (secondary N) is 1. The lowest BCUT2D eigenvalue weighted by Crippen LogP contribution is -2.36. The molecule has 5 nitrogen and oxygen atoms in total. The molecule has 0 saturated carbocycles. The predicted molar refractivity (Wildman–Crippen MR) is 75.5 cm³/mol. The maximum Gasteiger partial charge on any atom is 0.274 e. The summed E-state index contributed by atoms with van der Waals surface area (Å²) in [6.07, 6.45) is 3.93. The molecule has 3 rings (SSSR count). The van der Waals surface area contributed by atoms with Crippen molar-refractivity contribution in [3.63, 3.8) is 0 Å². The van der Waals surface area contributed by atoms with Gasteiger partial charge in [0.2, 0.25) is 0 Å². The molecule has 5 heteroatoms. The van der Waals surface area contributed by atoms with E-state index >= 15 is 0 Å². The molecular formula is C15H21N3O2. The van der Waals surface area contributed by atoms with Crippen LogP contribution in [0.1, 0.15) is 55.0 Å². The van der Waals surface area contributed by atoms with Crippen LogP contribution in [0.2, 0.25) is 0 Å². The van der Waals surface area contributed by atoms with Crippen LogP contribution in [-0.2, 0) is 11.2 Å². The van der Waals surface area contributed by atoms with Crippen molar-refractivity contribution in [2.45, 2.75) is 45.8 Å². The lowest BCUT2D eigenvalue weighted by Gasteiger charge is -2.27. The molecule has 0 radical (unpaired) electrons. The van der Waals surface area contributed by atoms with E-state index in [2.05, 4.69) is 23.2 Å². The molecule has 0 fully saturated rings. The fourth-order valence-corrected chi connectivity index (χ4v) is 2.96. The molecule has 0 spiro atoms. The molecule has 3 heterocycles. The average Bonchev–Trinajstić information content (AvgIpc) is 2.82. The molecule has 2 aliphatic heterocycles. The van der Waals surface area contributed by atoms with Crippen LogP contribution in [0.4, 0.5) is 0 Å². The summed E-state index contributed by atoms with van der Waals surface area (Å²) in [6.45, 7) is 7.61. The van der Waals surface area contributed by atoms with E-state index < -0.39 is 0 Å². The van der Waals surface area contributed by atoms with Gasteiger partial charge in [0, 0.05) is 25.1 Å². The van der Waals surface area contributed by atoms with Gasteiger partial charge in [-0.25, -0.2) is 0 Å². The molecule has 0 aromatic carbocycles. The van der Waals surface area contributed by atoms with Crippen LogP contribution in [0, 0.1) is 0 Å². The Bertz CT molecular complexity index is 561. The minimum absolute atomic E-state index is 0.0219. The van der Waals surface area contributed by atoms with E-state index in [-0.39, 0.29) is 18.1 Å². The molecule has 1 N–H and O–H groups in total. The Kier molecular flexibility index (Phi) is 3.38. The third kappa shape index (κ3) is 2.26. The molecule has 0 saturated heterocycles. The van der Waals surface area contributed by atoms with E-state index in [1.165, 1.54) is 5.57 Å². The molecule has 1 aromatic heterocycles. The zero-order valence-corrected chi connectivity index (χ0v) is 12.3. The van der Waals surface area contributed by atoms with Crippen LogP contribution in [0.5, 0.6) is 0 Å². The molecule has 20 heavy (non-hydrogen) atoms. The predicted octanol–water partition coefficient (Wildman–Crippen LogP) is 2.22. The van der Waals surface area contributed by atoms with Crippen LogP contribution >= 0.6 is 0 Å². The van der Waals surface area contributed by atoms with Crippen LogP contribution in [0.25, 0.3) is 0 Å². The highest BCUT2D eigenvalue weighted by molar-refractivity contribution is 5.94. The molecule has 0 aliphatic carbocycles. The van der Waals surface area contributed by atoms with Crippen molar-refractivity contribution in [3.05, 3.63) is 28.6 Å². The number of aromatic amines is 1. The topological polar surface area (TPSA) is 58.2 Å². The third-order valence-corrected chi connectivity index (χ3v) is 4.16. The van der Waals surface area contributed by atoms with E-state index in [0.29, 0.717) is 12.2 Å². The molecule has 0 bridgehead atoms. The van der Waals surface area contributed by atoms with Crippen molar-refractivity contribution >= 4 is 5.91 Å². The minimum atomic E-state index is -0.0219. The molecule has 2 aliphatic rings. The first-order chi connectivity index (χ1) is 9.56. The van der Waals surface area contributed by atoms with E-state index in [1.807, 2.05) is 18.7 Å². The van der Waals surface area contributed by atoms with Gasteiger partial charge in [-0.1, -0.05) is 11.6 Å². The number of hydrogen-bond acceptors (Lipinski definition) is 3. The summed E-state index contributed by atoms with van der Waals surface area (Å²) < 4.78 is 5.76. The van der Waals surface area contributed by atoms with E-state index in [9.17, 15) is 4.79 Å². The van der Waals surface area contributed by atoms with Crippen molar-refractivity contribution in [3.8, 4) is 0 Å². The lowest BCUT2D eigenvalue weighted by atomic mass is 9.99. The molecule has 108 valence electrons. The van der Waals surface area contributed by atoms with Gasteiger partial charge in [0.05, 0.1) is 17.9 Å². The quantitative estimate of drug-likeness (QED) is 0.800. The largest absolute Gasteiger partial charge is 0.369 e. The molecular weight excluding hydrogens is 254 g/mol. The number of aromatic nitrogens is 2. The van der Waals surface area contributed by atoms with Crippen molar-refractivity contribution in [2.24, 2.45) is 0 Å². The molecule has 1 aromatic rings. The fraction of sp³-hybridized carbons (Fsp3) is 0.600. The smallest absolute Gasteiger partial charge is 0.274 e. The number of hydrogen-bond donors (Lipinski definition) is 1. The maximum absolute atomic E-state index is 12.6. The van der Waals surface area contributed by atoms with E-state index in [1.54, 1.807) is 0 Å². The van der Waals surface area contributed by atoms with Gasteiger partial charge in [0.25, 0.3) is 5.91 Å². The highest BCUT2D eigenvalue weighted by Crippen LogP contribution is 2.30. The Morgan fingerprint density at radius 3 is 3.00 bits per heavy atom. The number of H-pyrrole nitrogens is 1. The highest BCUT2D eigenvalue weighted by Gasteiger charge is 2.31.